The average molecular weight is 302 g/mol. The number of rotatable bonds is 4. The van der Waals surface area contributed by atoms with E-state index in [0.717, 1.165) is 37.1 Å². The number of nitrogens with one attached hydrogen (secondary N) is 1. The molecule has 1 aromatic carbocycles. The van der Waals surface area contributed by atoms with Crippen molar-refractivity contribution in [2.45, 2.75) is 38.1 Å². The van der Waals surface area contributed by atoms with Gasteiger partial charge in [-0.3, -0.25) is 9.59 Å². The first kappa shape index (κ1) is 14.9. The highest BCUT2D eigenvalue weighted by Crippen LogP contribution is 2.27. The maximum atomic E-state index is 12.2. The summed E-state index contributed by atoms with van der Waals surface area (Å²) in [5, 5.41) is 3.05. The molecule has 2 aliphatic rings. The molecule has 3 rings (SSSR count). The molecule has 22 heavy (non-hydrogen) atoms. The summed E-state index contributed by atoms with van der Waals surface area (Å²) in [5.41, 5.74) is 0.850. The predicted octanol–water partition coefficient (Wildman–Crippen LogP) is 2.11. The first-order chi connectivity index (χ1) is 10.7. The standard InChI is InChI=1S/C17H22N2O3/c1-22-15-8-6-14(7-9-15)19-11-13(10-16(19)20)18-17(21)12-4-2-3-5-12/h6-9,12-13H,2-5,10-11H2,1H3,(H,18,21). The fourth-order valence-corrected chi connectivity index (χ4v) is 3.32. The van der Waals surface area contributed by atoms with E-state index in [1.54, 1.807) is 12.0 Å². The lowest BCUT2D eigenvalue weighted by Crippen LogP contribution is -2.40. The van der Waals surface area contributed by atoms with Crippen LogP contribution in [0.4, 0.5) is 5.69 Å². The molecule has 1 atom stereocenters. The number of methoxy groups -OCH3 is 1. The van der Waals surface area contributed by atoms with Crippen LogP contribution < -0.4 is 15.0 Å². The molecule has 0 aromatic heterocycles. The number of amides is 2. The maximum Gasteiger partial charge on any atom is 0.229 e. The minimum atomic E-state index is -0.0808. The molecule has 1 saturated heterocycles. The minimum Gasteiger partial charge on any atom is -0.497 e. The van der Waals surface area contributed by atoms with Gasteiger partial charge in [-0.1, -0.05) is 12.8 Å². The monoisotopic (exact) mass is 302 g/mol. The summed E-state index contributed by atoms with van der Waals surface area (Å²) in [6.07, 6.45) is 4.62. The molecule has 1 heterocycles. The zero-order valence-corrected chi connectivity index (χ0v) is 12.9. The molecule has 118 valence electrons. The van der Waals surface area contributed by atoms with Crippen LogP contribution in [0.15, 0.2) is 24.3 Å². The summed E-state index contributed by atoms with van der Waals surface area (Å²) >= 11 is 0. The van der Waals surface area contributed by atoms with E-state index >= 15 is 0 Å². The van der Waals surface area contributed by atoms with Crippen molar-refractivity contribution in [3.63, 3.8) is 0 Å². The molecule has 1 aliphatic carbocycles. The Morgan fingerprint density at radius 3 is 2.55 bits per heavy atom. The minimum absolute atomic E-state index is 0.0573. The molecule has 1 N–H and O–H groups in total. The van der Waals surface area contributed by atoms with E-state index < -0.39 is 0 Å². The van der Waals surface area contributed by atoms with Gasteiger partial charge >= 0.3 is 0 Å². The Hall–Kier alpha value is -2.04. The molecule has 1 unspecified atom stereocenters. The Kier molecular flexibility index (Phi) is 4.32. The zero-order valence-electron chi connectivity index (χ0n) is 12.9. The number of hydrogen-bond acceptors (Lipinski definition) is 3. The Balaban J connectivity index is 1.61. The van der Waals surface area contributed by atoms with Crippen LogP contribution in [0.3, 0.4) is 0 Å². The third-order valence-corrected chi connectivity index (χ3v) is 4.58. The fraction of sp³-hybridized carbons (Fsp3) is 0.529. The first-order valence-electron chi connectivity index (χ1n) is 7.92. The average Bonchev–Trinajstić information content (AvgIpc) is 3.17. The smallest absolute Gasteiger partial charge is 0.229 e. The number of carbonyl (C=O) groups excluding carboxylic acids is 2. The Labute approximate surface area is 130 Å². The van der Waals surface area contributed by atoms with Crippen molar-refractivity contribution < 1.29 is 14.3 Å². The SMILES string of the molecule is COc1ccc(N2CC(NC(=O)C3CCCC3)CC2=O)cc1. The Morgan fingerprint density at radius 2 is 1.91 bits per heavy atom. The third kappa shape index (κ3) is 3.08. The second-order valence-electron chi connectivity index (χ2n) is 6.09. The van der Waals surface area contributed by atoms with E-state index in [9.17, 15) is 9.59 Å². The summed E-state index contributed by atoms with van der Waals surface area (Å²) in [6, 6.07) is 7.35. The van der Waals surface area contributed by atoms with Crippen molar-refractivity contribution in [3.8, 4) is 5.75 Å². The molecular formula is C17H22N2O3. The van der Waals surface area contributed by atoms with E-state index in [1.165, 1.54) is 0 Å². The van der Waals surface area contributed by atoms with Gasteiger partial charge in [0.2, 0.25) is 11.8 Å². The molecule has 0 radical (unpaired) electrons. The quantitative estimate of drug-likeness (QED) is 0.926. The van der Waals surface area contributed by atoms with Crippen LogP contribution >= 0.6 is 0 Å². The molecule has 1 aromatic rings. The topological polar surface area (TPSA) is 58.6 Å². The highest BCUT2D eigenvalue weighted by atomic mass is 16.5. The fourth-order valence-electron chi connectivity index (χ4n) is 3.32. The van der Waals surface area contributed by atoms with E-state index in [4.69, 9.17) is 4.74 Å². The van der Waals surface area contributed by atoms with Crippen molar-refractivity contribution in [2.24, 2.45) is 5.92 Å². The van der Waals surface area contributed by atoms with Gasteiger partial charge < -0.3 is 15.0 Å². The van der Waals surface area contributed by atoms with Gasteiger partial charge in [-0.2, -0.15) is 0 Å². The van der Waals surface area contributed by atoms with Crippen LogP contribution in [0.25, 0.3) is 0 Å². The lowest BCUT2D eigenvalue weighted by atomic mass is 10.1. The molecule has 0 spiro atoms. The molecule has 1 saturated carbocycles. The van der Waals surface area contributed by atoms with Gasteiger partial charge in [0, 0.05) is 24.6 Å². The third-order valence-electron chi connectivity index (χ3n) is 4.58. The highest BCUT2D eigenvalue weighted by Gasteiger charge is 2.33. The van der Waals surface area contributed by atoms with Gasteiger partial charge in [-0.25, -0.2) is 0 Å². The number of nitrogens with zero attached hydrogens (tertiary/aromatic N) is 1. The number of anilines is 1. The number of hydrogen-bond donors (Lipinski definition) is 1. The Bertz CT molecular complexity index is 550. The summed E-state index contributed by atoms with van der Waals surface area (Å²) in [5.74, 6) is 1.08. The molecule has 2 amide bonds. The zero-order chi connectivity index (χ0) is 15.5. The molecular weight excluding hydrogens is 280 g/mol. The van der Waals surface area contributed by atoms with Crippen molar-refractivity contribution in [3.05, 3.63) is 24.3 Å². The summed E-state index contributed by atoms with van der Waals surface area (Å²) < 4.78 is 5.13. The van der Waals surface area contributed by atoms with E-state index in [2.05, 4.69) is 5.32 Å². The highest BCUT2D eigenvalue weighted by molar-refractivity contribution is 5.97. The molecule has 2 fully saturated rings. The van der Waals surface area contributed by atoms with Gasteiger partial charge in [0.15, 0.2) is 0 Å². The van der Waals surface area contributed by atoms with E-state index in [1.807, 2.05) is 24.3 Å². The first-order valence-corrected chi connectivity index (χ1v) is 7.92. The van der Waals surface area contributed by atoms with Crippen molar-refractivity contribution in [1.29, 1.82) is 0 Å². The second-order valence-corrected chi connectivity index (χ2v) is 6.09. The lowest BCUT2D eigenvalue weighted by molar-refractivity contribution is -0.125. The van der Waals surface area contributed by atoms with E-state index in [-0.39, 0.29) is 23.8 Å². The van der Waals surface area contributed by atoms with Gasteiger partial charge in [-0.15, -0.1) is 0 Å². The van der Waals surface area contributed by atoms with Gasteiger partial charge in [0.05, 0.1) is 13.2 Å². The van der Waals surface area contributed by atoms with Crippen LogP contribution in [0.1, 0.15) is 32.1 Å². The van der Waals surface area contributed by atoms with Crippen LogP contribution in [-0.4, -0.2) is 31.5 Å². The maximum absolute atomic E-state index is 12.2. The second kappa shape index (κ2) is 6.38. The van der Waals surface area contributed by atoms with Crippen molar-refractivity contribution in [1.82, 2.24) is 5.32 Å². The van der Waals surface area contributed by atoms with Crippen LogP contribution in [0.2, 0.25) is 0 Å². The Morgan fingerprint density at radius 1 is 1.23 bits per heavy atom. The van der Waals surface area contributed by atoms with Crippen LogP contribution in [0.5, 0.6) is 5.75 Å². The van der Waals surface area contributed by atoms with Gasteiger partial charge in [0.25, 0.3) is 0 Å². The summed E-state index contributed by atoms with van der Waals surface area (Å²) in [7, 11) is 1.62. The summed E-state index contributed by atoms with van der Waals surface area (Å²) in [6.45, 7) is 0.545. The molecule has 5 nitrogen and oxygen atoms in total. The molecule has 0 bridgehead atoms. The van der Waals surface area contributed by atoms with Crippen LogP contribution in [0, 0.1) is 5.92 Å². The number of ether oxygens (including phenoxy) is 1. The normalized spacial score (nSPS) is 22.1. The number of carbonyl (C=O) groups is 2. The van der Waals surface area contributed by atoms with Gasteiger partial charge in [0.1, 0.15) is 5.75 Å². The molecule has 1 aliphatic heterocycles. The van der Waals surface area contributed by atoms with E-state index in [0.29, 0.717) is 13.0 Å². The van der Waals surface area contributed by atoms with Crippen molar-refractivity contribution >= 4 is 17.5 Å². The van der Waals surface area contributed by atoms with Gasteiger partial charge in [-0.05, 0) is 37.1 Å². The largest absolute Gasteiger partial charge is 0.497 e. The lowest BCUT2D eigenvalue weighted by Gasteiger charge is -2.18. The summed E-state index contributed by atoms with van der Waals surface area (Å²) in [4.78, 5) is 26.1. The number of benzene rings is 1. The molecule has 5 heteroatoms. The predicted molar refractivity (Wildman–Crippen MR) is 83.9 cm³/mol. The van der Waals surface area contributed by atoms with Crippen LogP contribution in [-0.2, 0) is 9.59 Å². The van der Waals surface area contributed by atoms with Crippen molar-refractivity contribution in [2.75, 3.05) is 18.6 Å².